The number of H-pyrrole nitrogens is 2. The first kappa shape index (κ1) is 9.94. The van der Waals surface area contributed by atoms with Crippen LogP contribution in [0, 0.1) is 0 Å². The van der Waals surface area contributed by atoms with Gasteiger partial charge in [-0.1, -0.05) is 0 Å². The number of nitrogens with one attached hydrogen (secondary N) is 3. The molecular weight excluding hydrogens is 218 g/mol. The van der Waals surface area contributed by atoms with Crippen molar-refractivity contribution in [2.24, 2.45) is 0 Å². The third kappa shape index (κ3) is 1.66. The minimum atomic E-state index is -3.47. The number of sulfonamides is 1. The van der Waals surface area contributed by atoms with Gasteiger partial charge in [-0.2, -0.15) is 0 Å². The number of benzene rings is 1. The van der Waals surface area contributed by atoms with E-state index in [4.69, 9.17) is 0 Å². The molecule has 2 rings (SSSR count). The summed E-state index contributed by atoms with van der Waals surface area (Å²) in [5.74, 6) is 0. The summed E-state index contributed by atoms with van der Waals surface area (Å²) in [5.41, 5.74) is 0.690. The number of hydrogen-bond acceptors (Lipinski definition) is 3. The van der Waals surface area contributed by atoms with Gasteiger partial charge in [0, 0.05) is 0 Å². The van der Waals surface area contributed by atoms with Crippen molar-refractivity contribution in [2.45, 2.75) is 4.90 Å². The molecule has 2 aromatic rings. The fraction of sp³-hybridized carbons (Fsp3) is 0.125. The third-order valence-electron chi connectivity index (χ3n) is 2.07. The maximum Gasteiger partial charge on any atom is 0.323 e. The van der Waals surface area contributed by atoms with E-state index in [9.17, 15) is 13.2 Å². The van der Waals surface area contributed by atoms with Crippen molar-refractivity contribution >= 4 is 21.1 Å². The summed E-state index contributed by atoms with van der Waals surface area (Å²) < 4.78 is 25.1. The monoisotopic (exact) mass is 227 g/mol. The van der Waals surface area contributed by atoms with Crippen LogP contribution in [-0.4, -0.2) is 25.4 Å². The Morgan fingerprint density at radius 1 is 1.20 bits per heavy atom. The van der Waals surface area contributed by atoms with Crippen molar-refractivity contribution < 1.29 is 8.42 Å². The van der Waals surface area contributed by atoms with Gasteiger partial charge in [0.1, 0.15) is 0 Å². The molecule has 6 nitrogen and oxygen atoms in total. The molecule has 15 heavy (non-hydrogen) atoms. The molecule has 7 heteroatoms. The zero-order valence-electron chi connectivity index (χ0n) is 7.87. The van der Waals surface area contributed by atoms with E-state index in [-0.39, 0.29) is 10.6 Å². The lowest BCUT2D eigenvalue weighted by atomic mass is 10.3. The van der Waals surface area contributed by atoms with Crippen LogP contribution in [0.25, 0.3) is 11.0 Å². The SMILES string of the molecule is CNS(=O)(=O)c1ccc2[nH]c(=O)[nH]c2c1. The van der Waals surface area contributed by atoms with Crippen LogP contribution in [0.5, 0.6) is 0 Å². The van der Waals surface area contributed by atoms with E-state index >= 15 is 0 Å². The van der Waals surface area contributed by atoms with Crippen molar-refractivity contribution in [1.29, 1.82) is 0 Å². The van der Waals surface area contributed by atoms with Gasteiger partial charge in [0.05, 0.1) is 15.9 Å². The highest BCUT2D eigenvalue weighted by Crippen LogP contribution is 2.14. The summed E-state index contributed by atoms with van der Waals surface area (Å²) in [6.07, 6.45) is 0. The quantitative estimate of drug-likeness (QED) is 0.661. The van der Waals surface area contributed by atoms with E-state index < -0.39 is 10.0 Å². The lowest BCUT2D eigenvalue weighted by molar-refractivity contribution is 0.588. The largest absolute Gasteiger partial charge is 0.323 e. The standard InChI is InChI=1S/C8H9N3O3S/c1-9-15(13,14)5-2-3-6-7(4-5)11-8(12)10-6/h2-4,9H,1H3,(H2,10,11,12). The molecule has 0 aliphatic rings. The first-order valence-electron chi connectivity index (χ1n) is 4.18. The van der Waals surface area contributed by atoms with Gasteiger partial charge in [-0.15, -0.1) is 0 Å². The van der Waals surface area contributed by atoms with E-state index in [0.29, 0.717) is 11.0 Å². The predicted octanol–water partition coefficient (Wildman–Crippen LogP) is -0.236. The van der Waals surface area contributed by atoms with Gasteiger partial charge in [0.2, 0.25) is 10.0 Å². The second-order valence-corrected chi connectivity index (χ2v) is 4.88. The molecule has 0 spiro atoms. The van der Waals surface area contributed by atoms with Crippen molar-refractivity contribution in [3.63, 3.8) is 0 Å². The highest BCUT2D eigenvalue weighted by atomic mass is 32.2. The van der Waals surface area contributed by atoms with Crippen molar-refractivity contribution in [2.75, 3.05) is 7.05 Å². The minimum absolute atomic E-state index is 0.118. The summed E-state index contributed by atoms with van der Waals surface area (Å²) in [7, 11) is -2.13. The zero-order valence-corrected chi connectivity index (χ0v) is 8.68. The summed E-state index contributed by atoms with van der Waals surface area (Å²) >= 11 is 0. The smallest absolute Gasteiger partial charge is 0.306 e. The van der Waals surface area contributed by atoms with Gasteiger partial charge in [0.25, 0.3) is 0 Å². The third-order valence-corrected chi connectivity index (χ3v) is 3.48. The number of rotatable bonds is 2. The van der Waals surface area contributed by atoms with Gasteiger partial charge in [-0.25, -0.2) is 17.9 Å². The van der Waals surface area contributed by atoms with Crippen LogP contribution in [-0.2, 0) is 10.0 Å². The molecule has 0 fully saturated rings. The number of imidazole rings is 1. The van der Waals surface area contributed by atoms with Crippen LogP contribution < -0.4 is 10.4 Å². The number of aromatic nitrogens is 2. The van der Waals surface area contributed by atoms with E-state index in [2.05, 4.69) is 14.7 Å². The molecule has 0 amide bonds. The minimum Gasteiger partial charge on any atom is -0.306 e. The molecule has 0 atom stereocenters. The number of aromatic amines is 2. The molecule has 1 heterocycles. The lowest BCUT2D eigenvalue weighted by Gasteiger charge is -2.01. The van der Waals surface area contributed by atoms with Crippen LogP contribution in [0.15, 0.2) is 27.9 Å². The van der Waals surface area contributed by atoms with Gasteiger partial charge in [0.15, 0.2) is 0 Å². The Labute approximate surface area is 85.4 Å². The molecule has 0 saturated carbocycles. The molecule has 1 aromatic carbocycles. The van der Waals surface area contributed by atoms with Crippen molar-refractivity contribution in [1.82, 2.24) is 14.7 Å². The number of fused-ring (bicyclic) bond motifs is 1. The van der Waals surface area contributed by atoms with E-state index in [1.165, 1.54) is 25.2 Å². The van der Waals surface area contributed by atoms with Gasteiger partial charge < -0.3 is 9.97 Å². The van der Waals surface area contributed by atoms with Crippen molar-refractivity contribution in [3.05, 3.63) is 28.7 Å². The van der Waals surface area contributed by atoms with Gasteiger partial charge in [-0.05, 0) is 25.2 Å². The van der Waals surface area contributed by atoms with Crippen LogP contribution in [0.3, 0.4) is 0 Å². The molecule has 80 valence electrons. The van der Waals surface area contributed by atoms with E-state index in [1.54, 1.807) is 0 Å². The Bertz CT molecular complexity index is 653. The summed E-state index contributed by atoms with van der Waals surface area (Å²) in [6.45, 7) is 0. The van der Waals surface area contributed by atoms with E-state index in [1.807, 2.05) is 0 Å². The first-order chi connectivity index (χ1) is 7.03. The predicted molar refractivity (Wildman–Crippen MR) is 55.2 cm³/mol. The maximum atomic E-state index is 11.4. The summed E-state index contributed by atoms with van der Waals surface area (Å²) in [5, 5.41) is 0. The molecule has 0 bridgehead atoms. The molecular formula is C8H9N3O3S. The highest BCUT2D eigenvalue weighted by molar-refractivity contribution is 7.89. The fourth-order valence-electron chi connectivity index (χ4n) is 1.30. The van der Waals surface area contributed by atoms with E-state index in [0.717, 1.165) is 0 Å². The van der Waals surface area contributed by atoms with Crippen LogP contribution >= 0.6 is 0 Å². The molecule has 0 aliphatic heterocycles. The normalized spacial score (nSPS) is 12.1. The molecule has 0 aliphatic carbocycles. The first-order valence-corrected chi connectivity index (χ1v) is 5.67. The zero-order chi connectivity index (χ0) is 11.1. The van der Waals surface area contributed by atoms with Crippen LogP contribution in [0.1, 0.15) is 0 Å². The Morgan fingerprint density at radius 3 is 2.53 bits per heavy atom. The highest BCUT2D eigenvalue weighted by Gasteiger charge is 2.12. The van der Waals surface area contributed by atoms with Crippen LogP contribution in [0.4, 0.5) is 0 Å². The Balaban J connectivity index is 2.71. The lowest BCUT2D eigenvalue weighted by Crippen LogP contribution is -2.18. The van der Waals surface area contributed by atoms with Crippen LogP contribution in [0.2, 0.25) is 0 Å². The molecule has 3 N–H and O–H groups in total. The fourth-order valence-corrected chi connectivity index (χ4v) is 2.05. The average Bonchev–Trinajstić information content (AvgIpc) is 2.56. The Morgan fingerprint density at radius 2 is 1.87 bits per heavy atom. The summed E-state index contributed by atoms with van der Waals surface area (Å²) in [4.78, 5) is 16.1. The van der Waals surface area contributed by atoms with Gasteiger partial charge in [-0.3, -0.25) is 0 Å². The molecule has 0 saturated heterocycles. The molecule has 0 radical (unpaired) electrons. The second kappa shape index (κ2) is 3.21. The molecule has 0 unspecified atom stereocenters. The van der Waals surface area contributed by atoms with Gasteiger partial charge >= 0.3 is 5.69 Å². The topological polar surface area (TPSA) is 94.8 Å². The average molecular weight is 227 g/mol. The molecule has 1 aromatic heterocycles. The summed E-state index contributed by atoms with van der Waals surface area (Å²) in [6, 6.07) is 4.37. The maximum absolute atomic E-state index is 11.4. The number of hydrogen-bond donors (Lipinski definition) is 3. The Kier molecular flexibility index (Phi) is 2.13. The Hall–Kier alpha value is -1.60. The van der Waals surface area contributed by atoms with Crippen molar-refractivity contribution in [3.8, 4) is 0 Å². The second-order valence-electron chi connectivity index (χ2n) is 2.99.